The summed E-state index contributed by atoms with van der Waals surface area (Å²) >= 11 is 0. The number of fused-ring (bicyclic) bond motifs is 3. The van der Waals surface area contributed by atoms with Crippen molar-refractivity contribution in [2.75, 3.05) is 11.4 Å². The molecule has 4 rings (SSSR count). The molecule has 2 aliphatic rings. The number of benzene rings is 2. The van der Waals surface area contributed by atoms with Gasteiger partial charge in [0.25, 0.3) is 5.69 Å². The van der Waals surface area contributed by atoms with Crippen molar-refractivity contribution in [3.63, 3.8) is 0 Å². The lowest BCUT2D eigenvalue weighted by Crippen LogP contribution is -2.53. The number of hydrogen-bond acceptors (Lipinski definition) is 4. The van der Waals surface area contributed by atoms with Gasteiger partial charge in [-0.15, -0.1) is 0 Å². The molecule has 146 valence electrons. The average molecular weight is 379 g/mol. The zero-order chi connectivity index (χ0) is 19.7. The highest BCUT2D eigenvalue weighted by Gasteiger charge is 2.40. The van der Waals surface area contributed by atoms with Crippen LogP contribution in [0.5, 0.6) is 0 Å². The van der Waals surface area contributed by atoms with Crippen LogP contribution in [-0.2, 0) is 11.2 Å². The number of anilines is 1. The second-order valence-electron chi connectivity index (χ2n) is 7.78. The van der Waals surface area contributed by atoms with E-state index in [-0.39, 0.29) is 34.5 Å². The number of carbonyl (C=O) groups is 1. The first-order valence-electron chi connectivity index (χ1n) is 9.94. The van der Waals surface area contributed by atoms with E-state index in [0.717, 1.165) is 42.6 Å². The molecule has 6 nitrogen and oxygen atoms in total. The highest BCUT2D eigenvalue weighted by molar-refractivity contribution is 5.82. The Kier molecular flexibility index (Phi) is 5.03. The third kappa shape index (κ3) is 3.46. The van der Waals surface area contributed by atoms with Gasteiger partial charge in [0.1, 0.15) is 0 Å². The summed E-state index contributed by atoms with van der Waals surface area (Å²) in [4.78, 5) is 26.3. The molecule has 2 aromatic rings. The summed E-state index contributed by atoms with van der Waals surface area (Å²) < 4.78 is 0. The molecule has 3 atom stereocenters. The van der Waals surface area contributed by atoms with Gasteiger partial charge >= 0.3 is 0 Å². The molecule has 1 N–H and O–H groups in total. The van der Waals surface area contributed by atoms with Gasteiger partial charge in [-0.1, -0.05) is 30.3 Å². The van der Waals surface area contributed by atoms with Crippen molar-refractivity contribution in [2.45, 2.75) is 44.7 Å². The quantitative estimate of drug-likeness (QED) is 0.643. The van der Waals surface area contributed by atoms with Crippen LogP contribution >= 0.6 is 0 Å². The van der Waals surface area contributed by atoms with E-state index in [4.69, 9.17) is 0 Å². The Hall–Kier alpha value is -2.89. The van der Waals surface area contributed by atoms with Gasteiger partial charge in [0.05, 0.1) is 16.9 Å². The van der Waals surface area contributed by atoms with E-state index < -0.39 is 0 Å². The predicted octanol–water partition coefficient (Wildman–Crippen LogP) is 4.00. The lowest BCUT2D eigenvalue weighted by Gasteiger charge is -2.46. The van der Waals surface area contributed by atoms with E-state index in [2.05, 4.69) is 10.2 Å². The van der Waals surface area contributed by atoms with Gasteiger partial charge in [-0.05, 0) is 49.8 Å². The smallest absolute Gasteiger partial charge is 0.269 e. The molecule has 0 spiro atoms. The number of piperidine rings is 1. The molecule has 2 heterocycles. The molecule has 6 heteroatoms. The Morgan fingerprint density at radius 1 is 1.21 bits per heavy atom. The van der Waals surface area contributed by atoms with E-state index in [0.29, 0.717) is 6.42 Å². The first-order chi connectivity index (χ1) is 13.5. The maximum absolute atomic E-state index is 13.2. The van der Waals surface area contributed by atoms with Crippen molar-refractivity contribution in [1.29, 1.82) is 0 Å². The van der Waals surface area contributed by atoms with Crippen molar-refractivity contribution >= 4 is 17.3 Å². The van der Waals surface area contributed by atoms with Crippen LogP contribution < -0.4 is 10.2 Å². The molecule has 1 fully saturated rings. The summed E-state index contributed by atoms with van der Waals surface area (Å²) in [5.74, 6) is -0.161. The van der Waals surface area contributed by atoms with Crippen LogP contribution in [0.3, 0.4) is 0 Å². The van der Waals surface area contributed by atoms with Crippen molar-refractivity contribution < 1.29 is 9.72 Å². The first kappa shape index (κ1) is 18.5. The molecule has 0 bridgehead atoms. The number of nitro groups is 1. The first-order valence-corrected chi connectivity index (χ1v) is 9.94. The van der Waals surface area contributed by atoms with E-state index in [1.165, 1.54) is 0 Å². The molecule has 1 amide bonds. The van der Waals surface area contributed by atoms with Gasteiger partial charge in [0, 0.05) is 30.4 Å². The average Bonchev–Trinajstić information content (AvgIpc) is 2.73. The van der Waals surface area contributed by atoms with E-state index in [1.54, 1.807) is 12.1 Å². The van der Waals surface area contributed by atoms with Gasteiger partial charge < -0.3 is 10.2 Å². The second kappa shape index (κ2) is 7.62. The van der Waals surface area contributed by atoms with Crippen LogP contribution in [-0.4, -0.2) is 23.4 Å². The van der Waals surface area contributed by atoms with E-state index in [9.17, 15) is 14.9 Å². The Morgan fingerprint density at radius 2 is 2.00 bits per heavy atom. The van der Waals surface area contributed by atoms with Gasteiger partial charge in [-0.3, -0.25) is 14.9 Å². The maximum Gasteiger partial charge on any atom is 0.269 e. The number of non-ortho nitro benzene ring substituents is 1. The Balaban J connectivity index is 1.60. The minimum absolute atomic E-state index is 0.0328. The Morgan fingerprint density at radius 3 is 2.75 bits per heavy atom. The normalized spacial score (nSPS) is 22.0. The highest BCUT2D eigenvalue weighted by Crippen LogP contribution is 2.40. The van der Waals surface area contributed by atoms with E-state index >= 15 is 0 Å². The monoisotopic (exact) mass is 379 g/mol. The number of nitrogens with zero attached hydrogens (tertiary/aromatic N) is 2. The van der Waals surface area contributed by atoms with Gasteiger partial charge in [0.2, 0.25) is 5.91 Å². The summed E-state index contributed by atoms with van der Waals surface area (Å²) in [7, 11) is 0. The van der Waals surface area contributed by atoms with Crippen molar-refractivity contribution in [2.24, 2.45) is 5.92 Å². The largest absolute Gasteiger partial charge is 0.368 e. The zero-order valence-electron chi connectivity index (χ0n) is 16.0. The maximum atomic E-state index is 13.2. The SMILES string of the molecule is C[C@H](NC(=O)[C@H]1Cc2cc([N+](=O)[O-])ccc2N2CCCC[C@H]12)c1ccccc1. The summed E-state index contributed by atoms with van der Waals surface area (Å²) in [6.07, 6.45) is 3.73. The van der Waals surface area contributed by atoms with Gasteiger partial charge in [-0.25, -0.2) is 0 Å². The zero-order valence-corrected chi connectivity index (χ0v) is 16.0. The van der Waals surface area contributed by atoms with Crippen LogP contribution in [0.15, 0.2) is 48.5 Å². The number of amides is 1. The standard InChI is InChI=1S/C22H25N3O3/c1-15(16-7-3-2-4-8-16)23-22(26)19-14-17-13-18(25(27)28)10-11-20(17)24-12-6-5-9-21(19)24/h2-4,7-8,10-11,13,15,19,21H,5-6,9,12,14H2,1H3,(H,23,26)/t15-,19-,21+/m0/s1. The molecule has 0 saturated carbocycles. The topological polar surface area (TPSA) is 75.5 Å². The molecule has 1 saturated heterocycles. The Labute approximate surface area is 164 Å². The fourth-order valence-electron chi connectivity index (χ4n) is 4.59. The molecule has 0 aromatic heterocycles. The number of hydrogen-bond donors (Lipinski definition) is 1. The fourth-order valence-corrected chi connectivity index (χ4v) is 4.59. The molecule has 2 aromatic carbocycles. The molecule has 0 aliphatic carbocycles. The lowest BCUT2D eigenvalue weighted by molar-refractivity contribution is -0.384. The minimum atomic E-state index is -0.366. The van der Waals surface area contributed by atoms with Gasteiger partial charge in [0.15, 0.2) is 0 Å². The van der Waals surface area contributed by atoms with Crippen LogP contribution in [0.1, 0.15) is 43.4 Å². The third-order valence-electron chi connectivity index (χ3n) is 6.03. The fraction of sp³-hybridized carbons (Fsp3) is 0.409. The van der Waals surface area contributed by atoms with Crippen LogP contribution in [0.25, 0.3) is 0 Å². The van der Waals surface area contributed by atoms with Crippen LogP contribution in [0.2, 0.25) is 0 Å². The lowest BCUT2D eigenvalue weighted by atomic mass is 9.80. The van der Waals surface area contributed by atoms with Crippen molar-refractivity contribution in [1.82, 2.24) is 5.32 Å². The summed E-state index contributed by atoms with van der Waals surface area (Å²) in [5.41, 5.74) is 3.12. The molecule has 0 unspecified atom stereocenters. The van der Waals surface area contributed by atoms with Gasteiger partial charge in [-0.2, -0.15) is 0 Å². The minimum Gasteiger partial charge on any atom is -0.368 e. The number of nitrogens with one attached hydrogen (secondary N) is 1. The summed E-state index contributed by atoms with van der Waals surface area (Å²) in [5, 5.41) is 14.4. The van der Waals surface area contributed by atoms with Crippen molar-refractivity contribution in [3.05, 3.63) is 69.8 Å². The number of rotatable bonds is 4. The van der Waals surface area contributed by atoms with Crippen LogP contribution in [0.4, 0.5) is 11.4 Å². The summed E-state index contributed by atoms with van der Waals surface area (Å²) in [6, 6.07) is 15.1. The number of carbonyl (C=O) groups excluding carboxylic acids is 1. The molecule has 28 heavy (non-hydrogen) atoms. The molecular formula is C22H25N3O3. The molecule has 0 radical (unpaired) electrons. The highest BCUT2D eigenvalue weighted by atomic mass is 16.6. The second-order valence-corrected chi connectivity index (χ2v) is 7.78. The third-order valence-corrected chi connectivity index (χ3v) is 6.03. The Bertz CT molecular complexity index is 884. The molecule has 2 aliphatic heterocycles. The van der Waals surface area contributed by atoms with E-state index in [1.807, 2.05) is 43.3 Å². The summed E-state index contributed by atoms with van der Waals surface area (Å²) in [6.45, 7) is 2.89. The van der Waals surface area contributed by atoms with Crippen LogP contribution in [0, 0.1) is 16.0 Å². The van der Waals surface area contributed by atoms with Crippen molar-refractivity contribution in [3.8, 4) is 0 Å². The predicted molar refractivity (Wildman–Crippen MR) is 108 cm³/mol. The molecular weight excluding hydrogens is 354 g/mol. The number of nitro benzene ring substituents is 1.